The highest BCUT2D eigenvalue weighted by atomic mass is 79.9. The topological polar surface area (TPSA) is 35.6 Å². The Morgan fingerprint density at radius 1 is 1.05 bits per heavy atom. The van der Waals surface area contributed by atoms with Crippen molar-refractivity contribution in [3.05, 3.63) is 61.1 Å². The summed E-state index contributed by atoms with van der Waals surface area (Å²) in [7, 11) is 1.97. The van der Waals surface area contributed by atoms with Crippen molar-refractivity contribution < 1.29 is 0 Å². The van der Waals surface area contributed by atoms with Gasteiger partial charge in [0.25, 0.3) is 0 Å². The average Bonchev–Trinajstić information content (AvgIpc) is 3.11. The van der Waals surface area contributed by atoms with Gasteiger partial charge in [-0.25, -0.2) is 0 Å². The molecule has 0 saturated carbocycles. The molecule has 0 spiro atoms. The first-order valence-corrected chi connectivity index (χ1v) is 7.65. The molecule has 0 amide bonds. The fourth-order valence-corrected chi connectivity index (χ4v) is 3.10. The highest BCUT2D eigenvalue weighted by Crippen LogP contribution is 2.28. The number of fused-ring (bicyclic) bond motifs is 1. The Morgan fingerprint density at radius 3 is 2.77 bits per heavy atom. The fourth-order valence-electron chi connectivity index (χ4n) is 2.66. The van der Waals surface area contributed by atoms with Crippen LogP contribution in [0.3, 0.4) is 0 Å². The van der Waals surface area contributed by atoms with Crippen LogP contribution < -0.4 is 0 Å². The van der Waals surface area contributed by atoms with Crippen LogP contribution in [0.2, 0.25) is 0 Å². The number of hydrogen-bond donors (Lipinski definition) is 0. The fraction of sp³-hybridized carbons (Fsp3) is 0.0588. The van der Waals surface area contributed by atoms with Gasteiger partial charge in [-0.1, -0.05) is 6.07 Å². The van der Waals surface area contributed by atoms with E-state index in [-0.39, 0.29) is 0 Å². The molecule has 0 atom stereocenters. The second kappa shape index (κ2) is 5.10. The molecule has 3 heterocycles. The summed E-state index contributed by atoms with van der Waals surface area (Å²) in [6.45, 7) is 0. The van der Waals surface area contributed by atoms with Crippen LogP contribution in [0.5, 0.6) is 0 Å². The van der Waals surface area contributed by atoms with E-state index in [9.17, 15) is 0 Å². The van der Waals surface area contributed by atoms with Crippen molar-refractivity contribution in [3.8, 4) is 22.5 Å². The van der Waals surface area contributed by atoms with E-state index in [1.54, 1.807) is 6.20 Å². The number of benzene rings is 1. The summed E-state index contributed by atoms with van der Waals surface area (Å²) in [6, 6.07) is 14.5. The maximum Gasteiger partial charge on any atom is 0.0945 e. The van der Waals surface area contributed by atoms with E-state index in [4.69, 9.17) is 0 Å². The molecular weight excluding hydrogens is 340 g/mol. The molecule has 0 bridgehead atoms. The summed E-state index contributed by atoms with van der Waals surface area (Å²) >= 11 is 3.49. The summed E-state index contributed by atoms with van der Waals surface area (Å²) < 4.78 is 3.85. The zero-order valence-electron chi connectivity index (χ0n) is 11.9. The van der Waals surface area contributed by atoms with Crippen molar-refractivity contribution in [3.63, 3.8) is 0 Å². The highest BCUT2D eigenvalue weighted by Gasteiger charge is 2.10. The quantitative estimate of drug-likeness (QED) is 0.540. The lowest BCUT2D eigenvalue weighted by molar-refractivity contribution is 0.779. The van der Waals surface area contributed by atoms with Gasteiger partial charge >= 0.3 is 0 Å². The van der Waals surface area contributed by atoms with Gasteiger partial charge in [-0.05, 0) is 36.4 Å². The standard InChI is InChI=1S/C17H13BrN4/c1-21-17(10-15(20-21)14-3-2-7-19-11-14)12-4-5-16-13(9-12)6-8-22(16)18/h2-11H,1H3. The van der Waals surface area contributed by atoms with Crippen molar-refractivity contribution in [2.24, 2.45) is 7.05 Å². The number of nitrogens with zero attached hydrogens (tertiary/aromatic N) is 4. The zero-order valence-corrected chi connectivity index (χ0v) is 13.5. The number of rotatable bonds is 2. The van der Waals surface area contributed by atoms with Gasteiger partial charge in [-0.2, -0.15) is 5.10 Å². The van der Waals surface area contributed by atoms with Crippen LogP contribution in [-0.2, 0) is 7.05 Å². The van der Waals surface area contributed by atoms with Gasteiger partial charge in [0.15, 0.2) is 0 Å². The normalized spacial score (nSPS) is 11.2. The number of hydrogen-bond acceptors (Lipinski definition) is 2. The van der Waals surface area contributed by atoms with Crippen molar-refractivity contribution in [1.29, 1.82) is 0 Å². The molecule has 5 heteroatoms. The molecule has 108 valence electrons. The third-order valence-electron chi connectivity index (χ3n) is 3.78. The number of halogens is 1. The lowest BCUT2D eigenvalue weighted by Gasteiger charge is -2.02. The summed E-state index contributed by atoms with van der Waals surface area (Å²) in [4.78, 5) is 4.16. The first-order valence-electron chi connectivity index (χ1n) is 6.94. The minimum atomic E-state index is 0.934. The molecular formula is C17H13BrN4. The first-order chi connectivity index (χ1) is 10.7. The Balaban J connectivity index is 1.83. The van der Waals surface area contributed by atoms with E-state index in [1.165, 1.54) is 5.39 Å². The first kappa shape index (κ1) is 13.3. The van der Waals surface area contributed by atoms with E-state index >= 15 is 0 Å². The molecule has 4 rings (SSSR count). The Kier molecular flexibility index (Phi) is 3.08. The molecule has 0 unspecified atom stereocenters. The largest absolute Gasteiger partial charge is 0.284 e. The maximum atomic E-state index is 4.60. The Labute approximate surface area is 136 Å². The van der Waals surface area contributed by atoms with Gasteiger partial charge in [-0.3, -0.25) is 13.3 Å². The Hall–Kier alpha value is -2.40. The van der Waals surface area contributed by atoms with Crippen LogP contribution in [0.1, 0.15) is 0 Å². The van der Waals surface area contributed by atoms with Crippen molar-refractivity contribution in [2.45, 2.75) is 0 Å². The van der Waals surface area contributed by atoms with E-state index in [2.05, 4.69) is 56.6 Å². The highest BCUT2D eigenvalue weighted by molar-refractivity contribution is 9.08. The summed E-state index contributed by atoms with van der Waals surface area (Å²) in [5.41, 5.74) is 5.35. The van der Waals surface area contributed by atoms with Gasteiger partial charge in [0.1, 0.15) is 0 Å². The second-order valence-electron chi connectivity index (χ2n) is 5.18. The van der Waals surface area contributed by atoms with E-state index in [0.717, 1.165) is 28.0 Å². The van der Waals surface area contributed by atoms with Gasteiger partial charge in [0.05, 0.1) is 33.1 Å². The summed E-state index contributed by atoms with van der Waals surface area (Å²) in [5.74, 6) is 0. The minimum Gasteiger partial charge on any atom is -0.284 e. The third kappa shape index (κ3) is 2.14. The van der Waals surface area contributed by atoms with Crippen LogP contribution in [-0.4, -0.2) is 18.4 Å². The predicted molar refractivity (Wildman–Crippen MR) is 91.7 cm³/mol. The SMILES string of the molecule is Cn1nc(-c2cccnc2)cc1-c1ccc2c(ccn2Br)c1. The average molecular weight is 353 g/mol. The number of pyridine rings is 1. The molecule has 0 N–H and O–H groups in total. The smallest absolute Gasteiger partial charge is 0.0945 e. The molecule has 22 heavy (non-hydrogen) atoms. The lowest BCUT2D eigenvalue weighted by atomic mass is 10.1. The lowest BCUT2D eigenvalue weighted by Crippen LogP contribution is -1.93. The molecule has 0 fully saturated rings. The zero-order chi connectivity index (χ0) is 15.1. The molecule has 3 aromatic heterocycles. The van der Waals surface area contributed by atoms with Crippen LogP contribution in [0, 0.1) is 0 Å². The van der Waals surface area contributed by atoms with E-state index in [0.29, 0.717) is 0 Å². The van der Waals surface area contributed by atoms with Crippen LogP contribution in [0.4, 0.5) is 0 Å². The molecule has 0 saturated heterocycles. The van der Waals surface area contributed by atoms with Gasteiger partial charge < -0.3 is 0 Å². The van der Waals surface area contributed by atoms with Gasteiger partial charge in [-0.15, -0.1) is 0 Å². The summed E-state index contributed by atoms with van der Waals surface area (Å²) in [5, 5.41) is 5.80. The second-order valence-corrected chi connectivity index (χ2v) is 5.94. The molecule has 0 radical (unpaired) electrons. The molecule has 4 aromatic rings. The molecule has 0 aliphatic rings. The van der Waals surface area contributed by atoms with Crippen molar-refractivity contribution in [1.82, 2.24) is 18.4 Å². The van der Waals surface area contributed by atoms with Crippen molar-refractivity contribution >= 4 is 27.1 Å². The van der Waals surface area contributed by atoms with Gasteiger partial charge in [0.2, 0.25) is 0 Å². The maximum absolute atomic E-state index is 4.60. The Morgan fingerprint density at radius 2 is 1.95 bits per heavy atom. The monoisotopic (exact) mass is 352 g/mol. The van der Waals surface area contributed by atoms with Crippen molar-refractivity contribution in [2.75, 3.05) is 0 Å². The number of aromatic nitrogens is 4. The van der Waals surface area contributed by atoms with E-state index < -0.39 is 0 Å². The van der Waals surface area contributed by atoms with Gasteiger partial charge in [0, 0.05) is 42.2 Å². The Bertz CT molecular complexity index is 953. The van der Waals surface area contributed by atoms with Crippen LogP contribution in [0.15, 0.2) is 61.1 Å². The van der Waals surface area contributed by atoms with Crippen LogP contribution >= 0.6 is 16.1 Å². The minimum absolute atomic E-state index is 0.934. The molecule has 0 aliphatic heterocycles. The molecule has 0 aliphatic carbocycles. The van der Waals surface area contributed by atoms with E-state index in [1.807, 2.05) is 39.8 Å². The summed E-state index contributed by atoms with van der Waals surface area (Å²) in [6.07, 6.45) is 5.60. The van der Waals surface area contributed by atoms with Crippen LogP contribution in [0.25, 0.3) is 33.4 Å². The molecule has 1 aromatic carbocycles. The number of aryl methyl sites for hydroxylation is 1. The predicted octanol–water partition coefficient (Wildman–Crippen LogP) is 4.26. The third-order valence-corrected chi connectivity index (χ3v) is 4.39. The molecule has 4 nitrogen and oxygen atoms in total.